The summed E-state index contributed by atoms with van der Waals surface area (Å²) in [5.74, 6) is 0.684. The highest BCUT2D eigenvalue weighted by Gasteiger charge is 2.19. The molecule has 0 aliphatic heterocycles. The Morgan fingerprint density at radius 1 is 1.30 bits per heavy atom. The zero-order valence-electron chi connectivity index (χ0n) is 11.5. The molecule has 2 saturated carbocycles. The number of nitriles is 1. The van der Waals surface area contributed by atoms with Crippen LogP contribution in [0.15, 0.2) is 6.20 Å². The second-order valence-corrected chi connectivity index (χ2v) is 6.26. The largest absolute Gasteiger partial charge is 0.321 e. The predicted octanol–water partition coefficient (Wildman–Crippen LogP) is 2.98. The van der Waals surface area contributed by atoms with Gasteiger partial charge in [-0.3, -0.25) is 4.79 Å². The third-order valence-corrected chi connectivity index (χ3v) is 4.65. The molecular formula is C14H20N4OS. The van der Waals surface area contributed by atoms with Crippen LogP contribution in [0.5, 0.6) is 0 Å². The van der Waals surface area contributed by atoms with E-state index in [0.29, 0.717) is 18.4 Å². The van der Waals surface area contributed by atoms with Gasteiger partial charge in [0.15, 0.2) is 11.3 Å². The maximum atomic E-state index is 10.2. The molecular weight excluding hydrogens is 272 g/mol. The zero-order chi connectivity index (χ0) is 14.2. The molecule has 108 valence electrons. The molecule has 3 rings (SSSR count). The Morgan fingerprint density at radius 2 is 2.05 bits per heavy atom. The number of anilines is 1. The number of thiazole rings is 1. The van der Waals surface area contributed by atoms with Gasteiger partial charge in [0.2, 0.25) is 6.41 Å². The lowest BCUT2D eigenvalue weighted by Crippen LogP contribution is -2.05. The molecule has 0 aromatic carbocycles. The van der Waals surface area contributed by atoms with Crippen molar-refractivity contribution in [3.05, 3.63) is 11.1 Å². The fourth-order valence-corrected chi connectivity index (χ4v) is 3.24. The Hall–Kier alpha value is -1.61. The van der Waals surface area contributed by atoms with E-state index in [4.69, 9.17) is 5.26 Å². The number of carbonyl (C=O) groups is 1. The zero-order valence-corrected chi connectivity index (χ0v) is 12.3. The molecule has 0 saturated heterocycles. The summed E-state index contributed by atoms with van der Waals surface area (Å²) in [4.78, 5) is 15.7. The number of carbonyl (C=O) groups excluding carboxylic acids is 1. The summed E-state index contributed by atoms with van der Waals surface area (Å²) in [6, 6.07) is 0.537. The normalized spacial score (nSPS) is 18.4. The van der Waals surface area contributed by atoms with Gasteiger partial charge in [0.1, 0.15) is 0 Å². The molecule has 0 atom stereocenters. The number of aromatic nitrogens is 1. The van der Waals surface area contributed by atoms with Gasteiger partial charge >= 0.3 is 0 Å². The van der Waals surface area contributed by atoms with Crippen molar-refractivity contribution in [2.45, 2.75) is 56.9 Å². The molecule has 1 aromatic rings. The van der Waals surface area contributed by atoms with Crippen LogP contribution in [0.1, 0.15) is 55.7 Å². The van der Waals surface area contributed by atoms with Crippen molar-refractivity contribution in [3.63, 3.8) is 0 Å². The maximum absolute atomic E-state index is 10.2. The van der Waals surface area contributed by atoms with E-state index >= 15 is 0 Å². The van der Waals surface area contributed by atoms with Gasteiger partial charge < -0.3 is 10.6 Å². The summed E-state index contributed by atoms with van der Waals surface area (Å²) in [5.41, 5.74) is 0. The van der Waals surface area contributed by atoms with Crippen molar-refractivity contribution >= 4 is 22.9 Å². The molecule has 0 spiro atoms. The van der Waals surface area contributed by atoms with Crippen molar-refractivity contribution in [2.75, 3.05) is 5.32 Å². The van der Waals surface area contributed by atoms with Crippen LogP contribution in [0.25, 0.3) is 0 Å². The van der Waals surface area contributed by atoms with Gasteiger partial charge in [-0.2, -0.15) is 5.26 Å². The van der Waals surface area contributed by atoms with Gasteiger partial charge in [-0.05, 0) is 31.6 Å². The molecule has 6 heteroatoms. The van der Waals surface area contributed by atoms with Crippen LogP contribution >= 0.6 is 11.3 Å². The van der Waals surface area contributed by atoms with Crippen LogP contribution in [0.4, 0.5) is 5.13 Å². The quantitative estimate of drug-likeness (QED) is 0.508. The monoisotopic (exact) mass is 292 g/mol. The molecule has 2 aliphatic carbocycles. The van der Waals surface area contributed by atoms with Gasteiger partial charge in [0.25, 0.3) is 0 Å². The van der Waals surface area contributed by atoms with Crippen LogP contribution in [-0.2, 0) is 4.79 Å². The summed E-state index contributed by atoms with van der Waals surface area (Å²) < 4.78 is 0. The first-order chi connectivity index (χ1) is 9.83. The minimum atomic E-state index is 0.537. The lowest BCUT2D eigenvalue weighted by molar-refractivity contribution is -0.105. The molecule has 1 heterocycles. The topological polar surface area (TPSA) is 77.8 Å². The lowest BCUT2D eigenvalue weighted by Gasteiger charge is -2.19. The lowest BCUT2D eigenvalue weighted by atomic mass is 9.89. The van der Waals surface area contributed by atoms with Gasteiger partial charge in [-0.25, -0.2) is 4.98 Å². The summed E-state index contributed by atoms with van der Waals surface area (Å²) in [6.45, 7) is 0. The molecule has 0 unspecified atom stereocenters. The van der Waals surface area contributed by atoms with E-state index in [2.05, 4.69) is 15.6 Å². The van der Waals surface area contributed by atoms with Crippen molar-refractivity contribution in [3.8, 4) is 6.19 Å². The number of rotatable bonds is 4. The molecule has 0 radical (unpaired) electrons. The second-order valence-electron chi connectivity index (χ2n) is 5.20. The first-order valence-corrected chi connectivity index (χ1v) is 7.95. The van der Waals surface area contributed by atoms with E-state index in [-0.39, 0.29) is 0 Å². The highest BCUT2D eigenvalue weighted by atomic mass is 32.1. The van der Waals surface area contributed by atoms with Gasteiger partial charge in [0, 0.05) is 17.1 Å². The van der Waals surface area contributed by atoms with Crippen LogP contribution < -0.4 is 10.6 Å². The fraction of sp³-hybridized carbons (Fsp3) is 0.643. The average Bonchev–Trinajstić information content (AvgIpc) is 3.18. The third-order valence-electron chi connectivity index (χ3n) is 3.56. The third kappa shape index (κ3) is 4.82. The molecule has 1 aromatic heterocycles. The first kappa shape index (κ1) is 14.8. The molecule has 20 heavy (non-hydrogen) atoms. The second kappa shape index (κ2) is 7.85. The SMILES string of the molecule is N#CNC1CC1.O=CNc1ncc(C2CCCCC2)s1. The van der Waals surface area contributed by atoms with E-state index in [9.17, 15) is 4.79 Å². The Bertz CT molecular complexity index is 458. The summed E-state index contributed by atoms with van der Waals surface area (Å²) in [5, 5.41) is 13.9. The van der Waals surface area contributed by atoms with Crippen molar-refractivity contribution in [1.82, 2.24) is 10.3 Å². The van der Waals surface area contributed by atoms with Crippen molar-refractivity contribution in [2.24, 2.45) is 0 Å². The van der Waals surface area contributed by atoms with E-state index in [1.165, 1.54) is 49.8 Å². The number of nitrogens with one attached hydrogen (secondary N) is 2. The minimum Gasteiger partial charge on any atom is -0.321 e. The Kier molecular flexibility index (Phi) is 5.81. The standard InChI is InChI=1S/C10H14N2OS.C4H6N2/c13-7-12-10-11-6-9(14-10)8-4-2-1-3-5-8;5-3-6-4-1-2-4/h6-8H,1-5H2,(H,11,12,13);4,6H,1-2H2. The average molecular weight is 292 g/mol. The Labute approximate surface area is 123 Å². The van der Waals surface area contributed by atoms with E-state index in [0.717, 1.165) is 5.13 Å². The van der Waals surface area contributed by atoms with Crippen LogP contribution in [0.3, 0.4) is 0 Å². The first-order valence-electron chi connectivity index (χ1n) is 7.14. The predicted molar refractivity (Wildman–Crippen MR) is 79.4 cm³/mol. The molecule has 5 nitrogen and oxygen atoms in total. The summed E-state index contributed by atoms with van der Waals surface area (Å²) in [7, 11) is 0. The molecule has 0 bridgehead atoms. The molecule has 2 N–H and O–H groups in total. The molecule has 1 amide bonds. The number of amides is 1. The summed E-state index contributed by atoms with van der Waals surface area (Å²) >= 11 is 1.61. The summed E-state index contributed by atoms with van der Waals surface area (Å²) in [6.07, 6.45) is 13.4. The van der Waals surface area contributed by atoms with E-state index < -0.39 is 0 Å². The fourth-order valence-electron chi connectivity index (χ4n) is 2.30. The smallest absolute Gasteiger partial charge is 0.213 e. The molecule has 2 fully saturated rings. The maximum Gasteiger partial charge on any atom is 0.213 e. The van der Waals surface area contributed by atoms with Crippen LogP contribution in [0.2, 0.25) is 0 Å². The van der Waals surface area contributed by atoms with Gasteiger partial charge in [0.05, 0.1) is 0 Å². The molecule has 2 aliphatic rings. The number of hydrogen-bond donors (Lipinski definition) is 2. The van der Waals surface area contributed by atoms with E-state index in [1.54, 1.807) is 11.3 Å². The van der Waals surface area contributed by atoms with Crippen LogP contribution in [-0.4, -0.2) is 17.4 Å². The van der Waals surface area contributed by atoms with E-state index in [1.807, 2.05) is 12.4 Å². The van der Waals surface area contributed by atoms with Gasteiger partial charge in [-0.15, -0.1) is 11.3 Å². The van der Waals surface area contributed by atoms with Gasteiger partial charge in [-0.1, -0.05) is 19.3 Å². The van der Waals surface area contributed by atoms with Crippen molar-refractivity contribution < 1.29 is 4.79 Å². The highest BCUT2D eigenvalue weighted by molar-refractivity contribution is 7.15. The highest BCUT2D eigenvalue weighted by Crippen LogP contribution is 2.36. The van der Waals surface area contributed by atoms with Crippen molar-refractivity contribution in [1.29, 1.82) is 5.26 Å². The Balaban J connectivity index is 0.000000205. The number of nitrogens with zero attached hydrogens (tertiary/aromatic N) is 2. The minimum absolute atomic E-state index is 0.537. The Morgan fingerprint density at radius 3 is 2.60 bits per heavy atom. The number of hydrogen-bond acceptors (Lipinski definition) is 5. The van der Waals surface area contributed by atoms with Crippen LogP contribution in [0, 0.1) is 11.5 Å².